The van der Waals surface area contributed by atoms with Crippen LogP contribution < -0.4 is 5.48 Å². The normalized spacial score (nSPS) is 25.0. The van der Waals surface area contributed by atoms with Crippen LogP contribution in [0.5, 0.6) is 0 Å². The highest BCUT2D eigenvalue weighted by molar-refractivity contribution is 6.30. The summed E-state index contributed by atoms with van der Waals surface area (Å²) in [6, 6.07) is 4.16. The summed E-state index contributed by atoms with van der Waals surface area (Å²) in [5, 5.41) is 21.3. The number of aliphatic hydroxyl groups excluding tert-OH is 2. The molecule has 0 aliphatic carbocycles. The molecule has 1 fully saturated rings. The van der Waals surface area contributed by atoms with Gasteiger partial charge in [0, 0.05) is 7.11 Å². The zero-order valence-electron chi connectivity index (χ0n) is 15.9. The van der Waals surface area contributed by atoms with Crippen molar-refractivity contribution < 1.29 is 28.9 Å². The lowest BCUT2D eigenvalue weighted by Gasteiger charge is -2.25. The molecule has 2 aromatic heterocycles. The molecule has 1 aliphatic heterocycles. The van der Waals surface area contributed by atoms with E-state index in [4.69, 9.17) is 25.9 Å². The van der Waals surface area contributed by atoms with Gasteiger partial charge in [-0.3, -0.25) is 9.40 Å². The van der Waals surface area contributed by atoms with Crippen LogP contribution in [0, 0.1) is 5.82 Å². The van der Waals surface area contributed by atoms with Crippen LogP contribution in [0.4, 0.5) is 10.2 Å². The maximum atomic E-state index is 13.9. The Bertz CT molecular complexity index is 1050. The Hall–Kier alpha value is -2.41. The van der Waals surface area contributed by atoms with E-state index in [9.17, 15) is 14.6 Å². The largest absolute Gasteiger partial charge is 0.387 e. The van der Waals surface area contributed by atoms with Crippen LogP contribution in [-0.4, -0.2) is 62.3 Å². The molecule has 3 heterocycles. The van der Waals surface area contributed by atoms with Crippen LogP contribution in [-0.2, 0) is 14.3 Å². The van der Waals surface area contributed by atoms with E-state index in [-0.39, 0.29) is 5.02 Å². The van der Waals surface area contributed by atoms with E-state index < -0.39 is 36.5 Å². The fourth-order valence-electron chi connectivity index (χ4n) is 3.52. The Morgan fingerprint density at radius 3 is 2.73 bits per heavy atom. The number of halogens is 2. The second-order valence-electron chi connectivity index (χ2n) is 6.65. The number of hydrogen-bond acceptors (Lipinski definition) is 9. The fraction of sp³-hybridized carbons (Fsp3) is 0.389. The first kappa shape index (κ1) is 20.8. The number of aliphatic hydroxyl groups is 2. The van der Waals surface area contributed by atoms with Gasteiger partial charge in [-0.1, -0.05) is 17.7 Å². The number of nitrogens with zero attached hydrogens (tertiary/aromatic N) is 4. The van der Waals surface area contributed by atoms with Gasteiger partial charge in [-0.15, -0.1) is 0 Å². The molecule has 12 heteroatoms. The van der Waals surface area contributed by atoms with Crippen molar-refractivity contribution in [1.82, 2.24) is 19.5 Å². The third kappa shape index (κ3) is 3.49. The van der Waals surface area contributed by atoms with Gasteiger partial charge in [0.1, 0.15) is 36.6 Å². The lowest BCUT2D eigenvalue weighted by atomic mass is 9.99. The predicted octanol–water partition coefficient (Wildman–Crippen LogP) is 1.60. The monoisotopic (exact) mass is 439 g/mol. The first-order valence-corrected chi connectivity index (χ1v) is 9.30. The molecule has 10 nitrogen and oxygen atoms in total. The summed E-state index contributed by atoms with van der Waals surface area (Å²) >= 11 is 5.75. The topological polar surface area (TPSA) is 124 Å². The molecular formula is C18H19ClFN5O5. The molecule has 1 saturated heterocycles. The van der Waals surface area contributed by atoms with E-state index >= 15 is 0 Å². The van der Waals surface area contributed by atoms with Crippen molar-refractivity contribution in [1.29, 1.82) is 0 Å². The minimum absolute atomic E-state index is 0.0376. The van der Waals surface area contributed by atoms with Crippen LogP contribution in [0.3, 0.4) is 0 Å². The summed E-state index contributed by atoms with van der Waals surface area (Å²) in [5.74, 6) is -0.298. The van der Waals surface area contributed by atoms with Crippen LogP contribution in [0.15, 0.2) is 30.9 Å². The number of fused-ring (bicyclic) bond motifs is 1. The van der Waals surface area contributed by atoms with E-state index in [0.717, 1.165) is 0 Å². The van der Waals surface area contributed by atoms with E-state index in [1.165, 1.54) is 43.6 Å². The molecule has 1 aromatic carbocycles. The molecule has 0 unspecified atom stereocenters. The van der Waals surface area contributed by atoms with Crippen LogP contribution in [0.25, 0.3) is 11.2 Å². The number of ether oxygens (including phenoxy) is 2. The van der Waals surface area contributed by atoms with Gasteiger partial charge in [0.25, 0.3) is 0 Å². The molecule has 0 amide bonds. The number of rotatable bonds is 6. The quantitative estimate of drug-likeness (QED) is 0.491. The Balaban J connectivity index is 1.67. The van der Waals surface area contributed by atoms with Crippen molar-refractivity contribution in [2.45, 2.75) is 30.6 Å². The number of aromatic nitrogens is 4. The van der Waals surface area contributed by atoms with E-state index in [1.807, 2.05) is 0 Å². The molecular weight excluding hydrogens is 421 g/mol. The zero-order chi connectivity index (χ0) is 21.4. The van der Waals surface area contributed by atoms with Crippen molar-refractivity contribution in [3.63, 3.8) is 0 Å². The molecule has 3 aromatic rings. The Morgan fingerprint density at radius 1 is 1.23 bits per heavy atom. The number of imidazole rings is 1. The number of methoxy groups -OCH3 is 1. The highest BCUT2D eigenvalue weighted by Crippen LogP contribution is 2.39. The Kier molecular flexibility index (Phi) is 5.82. The average Bonchev–Trinajstić information content (AvgIpc) is 3.28. The summed E-state index contributed by atoms with van der Waals surface area (Å²) in [5.41, 5.74) is 3.74. The minimum atomic E-state index is -1.32. The molecule has 4 rings (SSSR count). The van der Waals surface area contributed by atoms with E-state index in [1.54, 1.807) is 6.07 Å². The Labute approximate surface area is 175 Å². The predicted molar refractivity (Wildman–Crippen MR) is 103 cm³/mol. The van der Waals surface area contributed by atoms with Crippen molar-refractivity contribution in [2.24, 2.45) is 0 Å². The first-order valence-electron chi connectivity index (χ1n) is 8.92. The van der Waals surface area contributed by atoms with E-state index in [0.29, 0.717) is 22.5 Å². The molecule has 0 bridgehead atoms. The van der Waals surface area contributed by atoms with Crippen molar-refractivity contribution in [3.05, 3.63) is 47.3 Å². The summed E-state index contributed by atoms with van der Waals surface area (Å²) in [4.78, 5) is 17.3. The number of anilines is 1. The van der Waals surface area contributed by atoms with Crippen molar-refractivity contribution in [2.75, 3.05) is 19.7 Å². The number of benzene rings is 1. The van der Waals surface area contributed by atoms with Gasteiger partial charge in [-0.2, -0.15) is 0 Å². The summed E-state index contributed by atoms with van der Waals surface area (Å²) in [7, 11) is 2.83. The molecule has 0 saturated carbocycles. The second-order valence-corrected chi connectivity index (χ2v) is 7.06. The van der Waals surface area contributed by atoms with Gasteiger partial charge in [-0.25, -0.2) is 24.8 Å². The summed E-state index contributed by atoms with van der Waals surface area (Å²) in [6.07, 6.45) is -2.81. The third-order valence-electron chi connectivity index (χ3n) is 4.93. The minimum Gasteiger partial charge on any atom is -0.387 e. The standard InChI is InChI=1S/C18H19ClFN5O5/c1-28-14(8-3-4-9(19)10(20)5-8)15-12(26)13(27)18(30-15)25-7-23-11-16(24-29-2)21-6-22-17(11)25/h3-7,12-15,18,26-27H,1-2H3,(H,21,22,24)/t12-,13+,14+,15-,18+/m0/s1. The molecule has 30 heavy (non-hydrogen) atoms. The molecule has 3 N–H and O–H groups in total. The molecule has 1 aliphatic rings. The lowest BCUT2D eigenvalue weighted by Crippen LogP contribution is -2.35. The summed E-state index contributed by atoms with van der Waals surface area (Å²) in [6.45, 7) is 0. The van der Waals surface area contributed by atoms with Crippen LogP contribution in [0.1, 0.15) is 17.9 Å². The molecule has 0 radical (unpaired) electrons. The molecule has 0 spiro atoms. The smallest absolute Gasteiger partial charge is 0.181 e. The molecule has 160 valence electrons. The highest BCUT2D eigenvalue weighted by atomic mass is 35.5. The number of hydrogen-bond donors (Lipinski definition) is 3. The SMILES string of the molecule is CONc1ncnc2c1ncn2[C@@H]1O[C@H]([C@H](OC)c2ccc(Cl)c(F)c2)[C@@H](O)[C@H]1O. The van der Waals surface area contributed by atoms with Gasteiger partial charge in [0.2, 0.25) is 0 Å². The van der Waals surface area contributed by atoms with E-state index in [2.05, 4.69) is 20.4 Å². The lowest BCUT2D eigenvalue weighted by molar-refractivity contribution is -0.0976. The van der Waals surface area contributed by atoms with Gasteiger partial charge in [0.05, 0.1) is 18.5 Å². The molecule has 5 atom stereocenters. The van der Waals surface area contributed by atoms with Gasteiger partial charge in [-0.05, 0) is 17.7 Å². The average molecular weight is 440 g/mol. The van der Waals surface area contributed by atoms with Crippen LogP contribution >= 0.6 is 11.6 Å². The maximum Gasteiger partial charge on any atom is 0.181 e. The number of nitrogens with one attached hydrogen (secondary N) is 1. The Morgan fingerprint density at radius 2 is 2.03 bits per heavy atom. The maximum absolute atomic E-state index is 13.9. The van der Waals surface area contributed by atoms with Crippen molar-refractivity contribution in [3.8, 4) is 0 Å². The zero-order valence-corrected chi connectivity index (χ0v) is 16.7. The van der Waals surface area contributed by atoms with Gasteiger partial charge >= 0.3 is 0 Å². The van der Waals surface area contributed by atoms with Crippen molar-refractivity contribution >= 4 is 28.6 Å². The van der Waals surface area contributed by atoms with Gasteiger partial charge in [0.15, 0.2) is 23.2 Å². The second kappa shape index (κ2) is 8.38. The highest BCUT2D eigenvalue weighted by Gasteiger charge is 2.48. The fourth-order valence-corrected chi connectivity index (χ4v) is 3.64. The third-order valence-corrected chi connectivity index (χ3v) is 5.24. The first-order chi connectivity index (χ1) is 14.5. The van der Waals surface area contributed by atoms with Crippen LogP contribution in [0.2, 0.25) is 5.02 Å². The van der Waals surface area contributed by atoms with Gasteiger partial charge < -0.3 is 19.7 Å². The summed E-state index contributed by atoms with van der Waals surface area (Å²) < 4.78 is 26.8.